The molecule has 0 aromatic carbocycles. The molecule has 0 amide bonds. The van der Waals surface area contributed by atoms with Gasteiger partial charge in [-0.05, 0) is 33.1 Å². The maximum Gasteiger partial charge on any atom is 0.168 e. The average Bonchev–Trinajstić information content (AvgIpc) is 2.58. The van der Waals surface area contributed by atoms with Crippen LogP contribution in [0.1, 0.15) is 105 Å². The fourth-order valence-corrected chi connectivity index (χ4v) is 3.12. The Bertz CT molecular complexity index is 237. The van der Waals surface area contributed by atoms with E-state index in [9.17, 15) is 0 Å². The van der Waals surface area contributed by atoms with Crippen molar-refractivity contribution in [1.29, 1.82) is 0 Å². The Kier molecular flexibility index (Phi) is 17.6. The van der Waals surface area contributed by atoms with Gasteiger partial charge < -0.3 is 14.2 Å². The van der Waals surface area contributed by atoms with Crippen LogP contribution in [0.15, 0.2) is 0 Å². The molecule has 3 nitrogen and oxygen atoms in total. The summed E-state index contributed by atoms with van der Waals surface area (Å²) in [4.78, 5) is 0. The molecule has 0 aliphatic carbocycles. The Labute approximate surface area is 151 Å². The van der Waals surface area contributed by atoms with Crippen molar-refractivity contribution in [3.05, 3.63) is 0 Å². The summed E-state index contributed by atoms with van der Waals surface area (Å²) in [6, 6.07) is 0. The van der Waals surface area contributed by atoms with Gasteiger partial charge in [0, 0.05) is 39.3 Å². The highest BCUT2D eigenvalue weighted by atomic mass is 16.7. The van der Waals surface area contributed by atoms with Gasteiger partial charge in [-0.25, -0.2) is 0 Å². The zero-order valence-corrected chi connectivity index (χ0v) is 17.0. The summed E-state index contributed by atoms with van der Waals surface area (Å²) in [6.45, 7) is 11.7. The normalized spacial score (nSPS) is 12.0. The monoisotopic (exact) mass is 344 g/mol. The summed E-state index contributed by atoms with van der Waals surface area (Å²) in [6.07, 6.45) is 14.6. The van der Waals surface area contributed by atoms with Crippen LogP contribution in [0.2, 0.25) is 0 Å². The van der Waals surface area contributed by atoms with E-state index in [2.05, 4.69) is 27.7 Å². The van der Waals surface area contributed by atoms with Crippen LogP contribution >= 0.6 is 0 Å². The van der Waals surface area contributed by atoms with E-state index in [4.69, 9.17) is 14.2 Å². The average molecular weight is 345 g/mol. The highest BCUT2D eigenvalue weighted by Gasteiger charge is 2.30. The highest BCUT2D eigenvalue weighted by molar-refractivity contribution is 4.71. The zero-order valence-electron chi connectivity index (χ0n) is 17.0. The fraction of sp³-hybridized carbons (Fsp3) is 1.00. The Balaban J connectivity index is 4.08. The molecule has 0 aliphatic rings. The third-order valence-corrected chi connectivity index (χ3v) is 4.46. The molecule has 0 saturated heterocycles. The number of unbranched alkanes of at least 4 members (excludes halogenated alkanes) is 7. The summed E-state index contributed by atoms with van der Waals surface area (Å²) in [5.74, 6) is -0.388. The second kappa shape index (κ2) is 17.7. The number of hydrogen-bond acceptors (Lipinski definition) is 3. The topological polar surface area (TPSA) is 27.7 Å². The largest absolute Gasteiger partial charge is 0.381 e. The number of rotatable bonds is 19. The lowest BCUT2D eigenvalue weighted by Gasteiger charge is -2.33. The molecule has 0 atom stereocenters. The van der Waals surface area contributed by atoms with Gasteiger partial charge in [0.2, 0.25) is 0 Å². The van der Waals surface area contributed by atoms with Crippen molar-refractivity contribution < 1.29 is 14.2 Å². The predicted octanol–water partition coefficient (Wildman–Crippen LogP) is 6.49. The fourth-order valence-electron chi connectivity index (χ4n) is 3.12. The van der Waals surface area contributed by atoms with E-state index < -0.39 is 0 Å². The molecule has 0 rings (SSSR count). The molecule has 0 aromatic rings. The molecule has 0 spiro atoms. The van der Waals surface area contributed by atoms with Crippen molar-refractivity contribution >= 4 is 0 Å². The van der Waals surface area contributed by atoms with Gasteiger partial charge in [-0.1, -0.05) is 58.8 Å². The van der Waals surface area contributed by atoms with E-state index in [1.165, 1.54) is 51.4 Å². The SMILES string of the molecule is CCCCCCCCCC(CCCOCCCC)(OCC)OCC. The van der Waals surface area contributed by atoms with E-state index in [-0.39, 0.29) is 5.79 Å². The summed E-state index contributed by atoms with van der Waals surface area (Å²) in [5.41, 5.74) is 0. The Morgan fingerprint density at radius 2 is 1.04 bits per heavy atom. The van der Waals surface area contributed by atoms with Crippen molar-refractivity contribution in [2.24, 2.45) is 0 Å². The van der Waals surface area contributed by atoms with Crippen LogP contribution in [0.5, 0.6) is 0 Å². The third kappa shape index (κ3) is 13.2. The van der Waals surface area contributed by atoms with Gasteiger partial charge in [-0.15, -0.1) is 0 Å². The quantitative estimate of drug-likeness (QED) is 0.198. The van der Waals surface area contributed by atoms with E-state index in [1.54, 1.807) is 0 Å². The first-order valence-corrected chi connectivity index (χ1v) is 10.6. The van der Waals surface area contributed by atoms with Crippen molar-refractivity contribution in [2.45, 2.75) is 111 Å². The molecule has 0 saturated carbocycles. The number of hydrogen-bond donors (Lipinski definition) is 0. The first-order chi connectivity index (χ1) is 11.7. The molecule has 24 heavy (non-hydrogen) atoms. The van der Waals surface area contributed by atoms with Gasteiger partial charge in [0.05, 0.1) is 0 Å². The first kappa shape index (κ1) is 23.9. The highest BCUT2D eigenvalue weighted by Crippen LogP contribution is 2.27. The second-order valence-electron chi connectivity index (χ2n) is 6.72. The van der Waals surface area contributed by atoms with Crippen LogP contribution in [-0.4, -0.2) is 32.2 Å². The van der Waals surface area contributed by atoms with Gasteiger partial charge in [0.1, 0.15) is 0 Å². The lowest BCUT2D eigenvalue weighted by Crippen LogP contribution is -2.36. The van der Waals surface area contributed by atoms with Crippen LogP contribution in [0.3, 0.4) is 0 Å². The van der Waals surface area contributed by atoms with Crippen LogP contribution in [-0.2, 0) is 14.2 Å². The molecule has 0 bridgehead atoms. The van der Waals surface area contributed by atoms with Gasteiger partial charge in [0.25, 0.3) is 0 Å². The minimum Gasteiger partial charge on any atom is -0.381 e. The van der Waals surface area contributed by atoms with Crippen molar-refractivity contribution in [3.63, 3.8) is 0 Å². The second-order valence-corrected chi connectivity index (χ2v) is 6.72. The smallest absolute Gasteiger partial charge is 0.168 e. The molecule has 0 unspecified atom stereocenters. The maximum atomic E-state index is 6.07. The van der Waals surface area contributed by atoms with E-state index >= 15 is 0 Å². The Hall–Kier alpha value is -0.120. The zero-order chi connectivity index (χ0) is 17.9. The summed E-state index contributed by atoms with van der Waals surface area (Å²) in [5, 5.41) is 0. The lowest BCUT2D eigenvalue weighted by atomic mass is 10.0. The van der Waals surface area contributed by atoms with Crippen LogP contribution in [0.4, 0.5) is 0 Å². The predicted molar refractivity (Wildman–Crippen MR) is 104 cm³/mol. The molecule has 0 N–H and O–H groups in total. The Morgan fingerprint density at radius 1 is 0.542 bits per heavy atom. The van der Waals surface area contributed by atoms with Gasteiger partial charge in [-0.3, -0.25) is 0 Å². The molecule has 3 heteroatoms. The van der Waals surface area contributed by atoms with E-state index in [0.29, 0.717) is 13.2 Å². The maximum absolute atomic E-state index is 6.07. The molecule has 0 aliphatic heterocycles. The number of ether oxygens (including phenoxy) is 3. The third-order valence-electron chi connectivity index (χ3n) is 4.46. The summed E-state index contributed by atoms with van der Waals surface area (Å²) < 4.78 is 17.8. The minimum absolute atomic E-state index is 0.388. The lowest BCUT2D eigenvalue weighted by molar-refractivity contribution is -0.242. The molecular formula is C21H44O3. The minimum atomic E-state index is -0.388. The first-order valence-electron chi connectivity index (χ1n) is 10.6. The molecule has 0 fully saturated rings. The molecule has 0 aromatic heterocycles. The van der Waals surface area contributed by atoms with Gasteiger partial charge in [-0.2, -0.15) is 0 Å². The van der Waals surface area contributed by atoms with Crippen LogP contribution < -0.4 is 0 Å². The molecule has 0 heterocycles. The standard InChI is InChI=1S/C21H44O3/c1-5-9-11-12-13-14-15-17-21(23-7-3,24-8-4)18-16-20-22-19-10-6-2/h5-20H2,1-4H3. The molecule has 0 radical (unpaired) electrons. The van der Waals surface area contributed by atoms with Gasteiger partial charge in [0.15, 0.2) is 5.79 Å². The van der Waals surface area contributed by atoms with Crippen molar-refractivity contribution in [1.82, 2.24) is 0 Å². The van der Waals surface area contributed by atoms with E-state index in [0.717, 1.165) is 38.9 Å². The van der Waals surface area contributed by atoms with E-state index in [1.807, 2.05) is 0 Å². The van der Waals surface area contributed by atoms with Crippen LogP contribution in [0.25, 0.3) is 0 Å². The molecule has 146 valence electrons. The Morgan fingerprint density at radius 3 is 1.62 bits per heavy atom. The van der Waals surface area contributed by atoms with Crippen molar-refractivity contribution in [2.75, 3.05) is 26.4 Å². The van der Waals surface area contributed by atoms with Crippen LogP contribution in [0, 0.1) is 0 Å². The van der Waals surface area contributed by atoms with Crippen molar-refractivity contribution in [3.8, 4) is 0 Å². The molecular weight excluding hydrogens is 300 g/mol. The summed E-state index contributed by atoms with van der Waals surface area (Å²) in [7, 11) is 0. The van der Waals surface area contributed by atoms with Gasteiger partial charge >= 0.3 is 0 Å². The summed E-state index contributed by atoms with van der Waals surface area (Å²) >= 11 is 0.